The third-order valence-electron chi connectivity index (χ3n) is 2.73. The van der Waals surface area contributed by atoms with Crippen molar-refractivity contribution < 1.29 is 17.9 Å². The summed E-state index contributed by atoms with van der Waals surface area (Å²) in [7, 11) is 1.37. The Morgan fingerprint density at radius 1 is 1.20 bits per heavy atom. The van der Waals surface area contributed by atoms with Crippen LogP contribution in [0.1, 0.15) is 5.56 Å². The van der Waals surface area contributed by atoms with Gasteiger partial charge >= 0.3 is 0 Å². The molecule has 0 heterocycles. The number of methoxy groups -OCH3 is 1. The van der Waals surface area contributed by atoms with E-state index in [1.165, 1.54) is 13.2 Å². The summed E-state index contributed by atoms with van der Waals surface area (Å²) in [5, 5.41) is 2.73. The van der Waals surface area contributed by atoms with Gasteiger partial charge in [-0.15, -0.1) is 0 Å². The Morgan fingerprint density at radius 2 is 1.95 bits per heavy atom. The number of anilines is 1. The molecule has 0 aromatic heterocycles. The van der Waals surface area contributed by atoms with Crippen molar-refractivity contribution in [3.05, 3.63) is 57.8 Å². The fraction of sp³-hybridized carbons (Fsp3) is 0.143. The Morgan fingerprint density at radius 3 is 2.60 bits per heavy atom. The van der Waals surface area contributed by atoms with E-state index < -0.39 is 17.5 Å². The maximum atomic E-state index is 13.9. The highest BCUT2D eigenvalue weighted by Gasteiger charge is 2.12. The van der Waals surface area contributed by atoms with Gasteiger partial charge in [0.15, 0.2) is 11.6 Å². The number of benzene rings is 2. The standard InChI is InChI=1S/C14H11BrF3NO/c1-20-12-4-2-3-8(13(12)18)7-19-14-10(15)5-9(16)6-11(14)17/h2-6,19H,7H2,1H3. The van der Waals surface area contributed by atoms with Crippen molar-refractivity contribution >= 4 is 21.6 Å². The van der Waals surface area contributed by atoms with E-state index in [9.17, 15) is 13.2 Å². The fourth-order valence-electron chi connectivity index (χ4n) is 1.75. The minimum atomic E-state index is -0.750. The van der Waals surface area contributed by atoms with Crippen molar-refractivity contribution in [1.29, 1.82) is 0 Å². The molecule has 0 aliphatic carbocycles. The van der Waals surface area contributed by atoms with Gasteiger partial charge in [-0.05, 0) is 28.1 Å². The molecule has 20 heavy (non-hydrogen) atoms. The Balaban J connectivity index is 2.21. The quantitative estimate of drug-likeness (QED) is 0.881. The Hall–Kier alpha value is -1.69. The molecule has 0 bridgehead atoms. The van der Waals surface area contributed by atoms with E-state index in [0.29, 0.717) is 5.56 Å². The maximum absolute atomic E-state index is 13.9. The highest BCUT2D eigenvalue weighted by molar-refractivity contribution is 9.10. The van der Waals surface area contributed by atoms with E-state index in [2.05, 4.69) is 21.2 Å². The van der Waals surface area contributed by atoms with Crippen LogP contribution in [0.4, 0.5) is 18.9 Å². The van der Waals surface area contributed by atoms with Crippen molar-refractivity contribution in [3.8, 4) is 5.75 Å². The van der Waals surface area contributed by atoms with E-state index >= 15 is 0 Å². The lowest BCUT2D eigenvalue weighted by Gasteiger charge is -2.12. The first kappa shape index (κ1) is 14.7. The second-order valence-electron chi connectivity index (χ2n) is 4.03. The number of hydrogen-bond donors (Lipinski definition) is 1. The van der Waals surface area contributed by atoms with Gasteiger partial charge in [-0.2, -0.15) is 0 Å². The Kier molecular flexibility index (Phi) is 4.54. The Bertz CT molecular complexity index is 611. The maximum Gasteiger partial charge on any atom is 0.170 e. The van der Waals surface area contributed by atoms with Gasteiger partial charge in [0.2, 0.25) is 0 Å². The third kappa shape index (κ3) is 3.07. The first-order valence-corrected chi connectivity index (χ1v) is 6.52. The van der Waals surface area contributed by atoms with Gasteiger partial charge in [0, 0.05) is 22.6 Å². The molecule has 0 spiro atoms. The number of nitrogens with one attached hydrogen (secondary N) is 1. The van der Waals surface area contributed by atoms with Gasteiger partial charge in [-0.25, -0.2) is 13.2 Å². The van der Waals surface area contributed by atoms with Crippen LogP contribution < -0.4 is 10.1 Å². The lowest BCUT2D eigenvalue weighted by atomic mass is 10.2. The molecule has 0 atom stereocenters. The molecule has 0 saturated heterocycles. The lowest BCUT2D eigenvalue weighted by Crippen LogP contribution is -2.05. The topological polar surface area (TPSA) is 21.3 Å². The summed E-state index contributed by atoms with van der Waals surface area (Å²) < 4.78 is 45.6. The second kappa shape index (κ2) is 6.17. The molecule has 0 amide bonds. The van der Waals surface area contributed by atoms with Crippen LogP contribution in [0.15, 0.2) is 34.8 Å². The van der Waals surface area contributed by atoms with Gasteiger partial charge in [0.25, 0.3) is 0 Å². The molecule has 2 rings (SSSR count). The normalized spacial score (nSPS) is 10.4. The van der Waals surface area contributed by atoms with Crippen LogP contribution in [0, 0.1) is 17.5 Å². The van der Waals surface area contributed by atoms with Gasteiger partial charge in [-0.1, -0.05) is 12.1 Å². The molecule has 106 valence electrons. The van der Waals surface area contributed by atoms with E-state index in [4.69, 9.17) is 4.74 Å². The SMILES string of the molecule is COc1cccc(CNc2c(F)cc(F)cc2Br)c1F. The monoisotopic (exact) mass is 345 g/mol. The molecule has 6 heteroatoms. The van der Waals surface area contributed by atoms with Crippen molar-refractivity contribution in [1.82, 2.24) is 0 Å². The van der Waals surface area contributed by atoms with Gasteiger partial charge in [0.05, 0.1) is 12.8 Å². The average molecular weight is 346 g/mol. The van der Waals surface area contributed by atoms with Crippen LogP contribution in [0.2, 0.25) is 0 Å². The van der Waals surface area contributed by atoms with Gasteiger partial charge < -0.3 is 10.1 Å². The molecule has 1 N–H and O–H groups in total. The summed E-state index contributed by atoms with van der Waals surface area (Å²) in [5.41, 5.74) is 0.397. The van der Waals surface area contributed by atoms with E-state index in [0.717, 1.165) is 12.1 Å². The minimum Gasteiger partial charge on any atom is -0.494 e. The molecule has 0 saturated carbocycles. The summed E-state index contributed by atoms with van der Waals surface area (Å²) in [6, 6.07) is 6.57. The van der Waals surface area contributed by atoms with Gasteiger partial charge in [-0.3, -0.25) is 0 Å². The molecule has 0 radical (unpaired) electrons. The van der Waals surface area contributed by atoms with E-state index in [1.807, 2.05) is 0 Å². The Labute approximate surface area is 122 Å². The predicted molar refractivity (Wildman–Crippen MR) is 74.3 cm³/mol. The number of hydrogen-bond acceptors (Lipinski definition) is 2. The summed E-state index contributed by atoms with van der Waals surface area (Å²) in [5.74, 6) is -1.84. The largest absolute Gasteiger partial charge is 0.494 e. The van der Waals surface area contributed by atoms with Crippen LogP contribution in [-0.4, -0.2) is 7.11 Å². The van der Waals surface area contributed by atoms with Crippen LogP contribution in [0.5, 0.6) is 5.75 Å². The van der Waals surface area contributed by atoms with E-state index in [1.54, 1.807) is 12.1 Å². The molecule has 2 nitrogen and oxygen atoms in total. The lowest BCUT2D eigenvalue weighted by molar-refractivity contribution is 0.384. The zero-order valence-electron chi connectivity index (χ0n) is 10.5. The molecular formula is C14H11BrF3NO. The van der Waals surface area contributed by atoms with E-state index in [-0.39, 0.29) is 22.5 Å². The van der Waals surface area contributed by atoms with Crippen LogP contribution in [-0.2, 0) is 6.54 Å². The number of rotatable bonds is 4. The van der Waals surface area contributed by atoms with Crippen LogP contribution >= 0.6 is 15.9 Å². The van der Waals surface area contributed by atoms with Crippen LogP contribution in [0.3, 0.4) is 0 Å². The highest BCUT2D eigenvalue weighted by atomic mass is 79.9. The molecule has 2 aromatic carbocycles. The van der Waals surface area contributed by atoms with Crippen molar-refractivity contribution in [2.75, 3.05) is 12.4 Å². The second-order valence-corrected chi connectivity index (χ2v) is 4.89. The zero-order valence-corrected chi connectivity index (χ0v) is 12.1. The molecule has 0 unspecified atom stereocenters. The predicted octanol–water partition coefficient (Wildman–Crippen LogP) is 4.49. The summed E-state index contributed by atoms with van der Waals surface area (Å²) in [4.78, 5) is 0. The molecule has 0 aliphatic heterocycles. The van der Waals surface area contributed by atoms with Crippen LogP contribution in [0.25, 0.3) is 0 Å². The van der Waals surface area contributed by atoms with Gasteiger partial charge in [0.1, 0.15) is 11.6 Å². The highest BCUT2D eigenvalue weighted by Crippen LogP contribution is 2.28. The summed E-state index contributed by atoms with van der Waals surface area (Å²) in [6.45, 7) is 0.0458. The third-order valence-corrected chi connectivity index (χ3v) is 3.35. The molecule has 2 aromatic rings. The van der Waals surface area contributed by atoms with Crippen molar-refractivity contribution in [2.45, 2.75) is 6.54 Å². The van der Waals surface area contributed by atoms with Crippen molar-refractivity contribution in [2.24, 2.45) is 0 Å². The number of ether oxygens (including phenoxy) is 1. The first-order valence-electron chi connectivity index (χ1n) is 5.72. The molecule has 0 fully saturated rings. The molecular weight excluding hydrogens is 335 g/mol. The average Bonchev–Trinajstić information content (AvgIpc) is 2.39. The summed E-state index contributed by atoms with van der Waals surface area (Å²) in [6.07, 6.45) is 0. The summed E-state index contributed by atoms with van der Waals surface area (Å²) >= 11 is 3.06. The number of halogens is 4. The molecule has 0 aliphatic rings. The zero-order chi connectivity index (χ0) is 14.7. The smallest absolute Gasteiger partial charge is 0.170 e. The minimum absolute atomic E-state index is 0.0458. The van der Waals surface area contributed by atoms with Crippen molar-refractivity contribution in [3.63, 3.8) is 0 Å². The first-order chi connectivity index (χ1) is 9.52. The fourth-order valence-corrected chi connectivity index (χ4v) is 2.29.